The molecule has 6 N–H and O–H groups in total. The molecule has 0 unspecified atom stereocenters. The fourth-order valence-corrected chi connectivity index (χ4v) is 6.27. The monoisotopic (exact) mass is 675 g/mol. The van der Waals surface area contributed by atoms with Gasteiger partial charge in [-0.1, -0.05) is 181 Å². The maximum absolute atomic E-state index is 12.6. The first-order valence-corrected chi connectivity index (χ1v) is 20.0. The zero-order chi connectivity index (χ0) is 34.9. The van der Waals surface area contributed by atoms with Crippen molar-refractivity contribution in [2.45, 2.75) is 194 Å². The molecule has 0 saturated carbocycles. The normalized spacial score (nSPS) is 11.1. The smallest absolute Gasteiger partial charge is 0.269 e. The minimum absolute atomic E-state index is 0.243. The van der Waals surface area contributed by atoms with Crippen molar-refractivity contribution >= 4 is 11.8 Å². The topological polar surface area (TPSA) is 129 Å². The molecule has 1 aromatic rings. The predicted octanol–water partition coefficient (Wildman–Crippen LogP) is 10.6. The summed E-state index contributed by atoms with van der Waals surface area (Å²) in [6.07, 6.45) is 35.8. The Balaban J connectivity index is 2.35. The number of amides is 2. The Labute approximate surface area is 294 Å². The summed E-state index contributed by atoms with van der Waals surface area (Å²) >= 11 is 0. The second-order valence-electron chi connectivity index (χ2n) is 13.7. The lowest BCUT2D eigenvalue weighted by atomic mass is 10.0. The first kappa shape index (κ1) is 43.7. The average molecular weight is 675 g/mol. The van der Waals surface area contributed by atoms with Gasteiger partial charge >= 0.3 is 0 Å². The first-order valence-electron chi connectivity index (χ1n) is 20.0. The lowest BCUT2D eigenvalue weighted by Gasteiger charge is -2.16. The van der Waals surface area contributed by atoms with Crippen molar-refractivity contribution in [1.29, 1.82) is 0 Å². The van der Waals surface area contributed by atoms with E-state index in [1.54, 1.807) is 0 Å². The van der Waals surface area contributed by atoms with E-state index in [-0.39, 0.29) is 11.1 Å². The average Bonchev–Trinajstić information content (AvgIpc) is 3.10. The van der Waals surface area contributed by atoms with Crippen LogP contribution in [0.2, 0.25) is 0 Å². The molecule has 278 valence electrons. The molecule has 48 heavy (non-hydrogen) atoms. The predicted molar refractivity (Wildman–Crippen MR) is 201 cm³/mol. The fraction of sp³-hybridized carbons (Fsp3) is 0.800. The van der Waals surface area contributed by atoms with Gasteiger partial charge in [-0.2, -0.15) is 0 Å². The van der Waals surface area contributed by atoms with Crippen LogP contribution in [0.25, 0.3) is 0 Å². The Morgan fingerprint density at radius 2 is 0.667 bits per heavy atom. The van der Waals surface area contributed by atoms with Gasteiger partial charge in [-0.3, -0.25) is 20.4 Å². The van der Waals surface area contributed by atoms with Crippen molar-refractivity contribution in [3.05, 3.63) is 23.3 Å². The van der Waals surface area contributed by atoms with Crippen LogP contribution in [0.1, 0.15) is 214 Å². The third-order valence-electron chi connectivity index (χ3n) is 9.34. The van der Waals surface area contributed by atoms with E-state index < -0.39 is 11.8 Å². The number of rotatable bonds is 34. The highest BCUT2D eigenvalue weighted by atomic mass is 16.5. The maximum Gasteiger partial charge on any atom is 0.269 e. The Kier molecular flexibility index (Phi) is 29.1. The molecule has 2 amide bonds. The van der Waals surface area contributed by atoms with Crippen LogP contribution in [0.4, 0.5) is 0 Å². The molecule has 0 aliphatic heterocycles. The van der Waals surface area contributed by atoms with Gasteiger partial charge in [-0.25, -0.2) is 11.7 Å². The highest BCUT2D eigenvalue weighted by molar-refractivity contribution is 6.02. The lowest BCUT2D eigenvalue weighted by molar-refractivity contribution is 0.0934. The van der Waals surface area contributed by atoms with E-state index in [1.165, 1.54) is 166 Å². The van der Waals surface area contributed by atoms with Crippen LogP contribution in [0.3, 0.4) is 0 Å². The molecule has 0 spiro atoms. The van der Waals surface area contributed by atoms with E-state index in [2.05, 4.69) is 24.7 Å². The third-order valence-corrected chi connectivity index (χ3v) is 9.34. The third kappa shape index (κ3) is 22.3. The number of nitrogen functional groups attached to an aromatic ring is 2. The molecule has 0 bridgehead atoms. The quantitative estimate of drug-likeness (QED) is 0.0249. The summed E-state index contributed by atoms with van der Waals surface area (Å²) in [5, 5.41) is 0. The van der Waals surface area contributed by atoms with Crippen LogP contribution in [0.5, 0.6) is 11.5 Å². The van der Waals surface area contributed by atoms with E-state index in [9.17, 15) is 9.59 Å². The molecule has 1 rings (SSSR count). The maximum atomic E-state index is 12.6. The summed E-state index contributed by atoms with van der Waals surface area (Å²) in [5.74, 6) is 10.6. The second kappa shape index (κ2) is 31.9. The standard InChI is InChI=1S/C40H74N4O4/c1-3-5-7-9-11-13-15-17-19-21-23-25-27-29-31-47-37-33-36(40(46)44-42)38(34-35(37)39(45)43-41)48-32-30-28-26-24-22-20-18-16-14-12-10-8-6-4-2/h33-34H,3-32,41-42H2,1-2H3,(H,43,45)(H,44,46). The number of hydrogen-bond donors (Lipinski definition) is 4. The largest absolute Gasteiger partial charge is 0.493 e. The Morgan fingerprint density at radius 3 is 0.896 bits per heavy atom. The van der Waals surface area contributed by atoms with Crippen LogP contribution in [-0.4, -0.2) is 25.0 Å². The molecule has 0 aliphatic carbocycles. The van der Waals surface area contributed by atoms with Gasteiger partial charge in [0.2, 0.25) is 0 Å². The molecular formula is C40H74N4O4. The molecule has 0 aromatic heterocycles. The van der Waals surface area contributed by atoms with Gasteiger partial charge in [-0.05, 0) is 25.0 Å². The van der Waals surface area contributed by atoms with Gasteiger partial charge in [0.25, 0.3) is 11.8 Å². The van der Waals surface area contributed by atoms with Crippen molar-refractivity contribution in [3.8, 4) is 11.5 Å². The number of benzene rings is 1. The van der Waals surface area contributed by atoms with Crippen LogP contribution in [0.15, 0.2) is 12.1 Å². The van der Waals surface area contributed by atoms with Gasteiger partial charge in [0.05, 0.1) is 24.3 Å². The van der Waals surface area contributed by atoms with Crippen molar-refractivity contribution in [3.63, 3.8) is 0 Å². The van der Waals surface area contributed by atoms with Gasteiger partial charge in [-0.15, -0.1) is 0 Å². The van der Waals surface area contributed by atoms with E-state index in [0.29, 0.717) is 24.7 Å². The molecule has 0 radical (unpaired) electrons. The van der Waals surface area contributed by atoms with Crippen LogP contribution in [-0.2, 0) is 0 Å². The molecular weight excluding hydrogens is 600 g/mol. The summed E-state index contributed by atoms with van der Waals surface area (Å²) in [7, 11) is 0. The number of carbonyl (C=O) groups excluding carboxylic acids is 2. The van der Waals surface area contributed by atoms with Crippen LogP contribution < -0.4 is 32.0 Å². The second-order valence-corrected chi connectivity index (χ2v) is 13.7. The minimum atomic E-state index is -0.494. The SMILES string of the molecule is CCCCCCCCCCCCCCCCOc1cc(C(=O)NN)c(OCCCCCCCCCCCCCCCC)cc1C(=O)NN. The van der Waals surface area contributed by atoms with Gasteiger partial charge in [0, 0.05) is 0 Å². The summed E-state index contributed by atoms with van der Waals surface area (Å²) < 4.78 is 12.0. The summed E-state index contributed by atoms with van der Waals surface area (Å²) in [6.45, 7) is 5.43. The summed E-state index contributed by atoms with van der Waals surface area (Å²) in [4.78, 5) is 25.2. The number of unbranched alkanes of at least 4 members (excludes halogenated alkanes) is 26. The Morgan fingerprint density at radius 1 is 0.438 bits per heavy atom. The Bertz CT molecular complexity index is 853. The van der Waals surface area contributed by atoms with Gasteiger partial charge in [0.15, 0.2) is 0 Å². The van der Waals surface area contributed by atoms with E-state index in [0.717, 1.165) is 25.7 Å². The van der Waals surface area contributed by atoms with Crippen molar-refractivity contribution < 1.29 is 19.1 Å². The van der Waals surface area contributed by atoms with Crippen molar-refractivity contribution in [2.75, 3.05) is 13.2 Å². The molecule has 0 saturated heterocycles. The summed E-state index contributed by atoms with van der Waals surface area (Å²) in [6, 6.07) is 3.08. The van der Waals surface area contributed by atoms with E-state index in [1.807, 2.05) is 0 Å². The minimum Gasteiger partial charge on any atom is -0.493 e. The Hall–Kier alpha value is -2.32. The number of hydrogen-bond acceptors (Lipinski definition) is 6. The van der Waals surface area contributed by atoms with Gasteiger partial charge < -0.3 is 9.47 Å². The summed E-state index contributed by atoms with van der Waals surface area (Å²) in [5.41, 5.74) is 4.86. The number of hydrazine groups is 2. The highest BCUT2D eigenvalue weighted by Crippen LogP contribution is 2.30. The molecule has 8 nitrogen and oxygen atoms in total. The zero-order valence-corrected chi connectivity index (χ0v) is 31.2. The number of ether oxygens (including phenoxy) is 2. The molecule has 0 atom stereocenters. The van der Waals surface area contributed by atoms with Crippen LogP contribution in [0, 0.1) is 0 Å². The lowest BCUT2D eigenvalue weighted by Crippen LogP contribution is -2.32. The van der Waals surface area contributed by atoms with Gasteiger partial charge in [0.1, 0.15) is 11.5 Å². The van der Waals surface area contributed by atoms with Crippen LogP contribution >= 0.6 is 0 Å². The molecule has 1 aromatic carbocycles. The zero-order valence-electron chi connectivity index (χ0n) is 31.2. The highest BCUT2D eigenvalue weighted by Gasteiger charge is 2.21. The number of nitrogens with one attached hydrogen (secondary N) is 2. The fourth-order valence-electron chi connectivity index (χ4n) is 6.27. The van der Waals surface area contributed by atoms with Crippen molar-refractivity contribution in [1.82, 2.24) is 10.9 Å². The molecule has 8 heteroatoms. The number of nitrogens with two attached hydrogens (primary N) is 2. The molecule has 0 aliphatic rings. The van der Waals surface area contributed by atoms with E-state index in [4.69, 9.17) is 21.2 Å². The number of carbonyl (C=O) groups is 2. The molecule has 0 heterocycles. The van der Waals surface area contributed by atoms with E-state index >= 15 is 0 Å². The first-order chi connectivity index (χ1) is 23.6. The molecule has 0 fully saturated rings. The van der Waals surface area contributed by atoms with Crippen molar-refractivity contribution in [2.24, 2.45) is 11.7 Å².